The summed E-state index contributed by atoms with van der Waals surface area (Å²) in [6.07, 6.45) is 0.350. The largest absolute Gasteiger partial charge is 0.458 e. The Balaban J connectivity index is 2.17. The molecule has 3 rings (SSSR count). The Morgan fingerprint density at radius 3 is 2.33 bits per heavy atom. The second kappa shape index (κ2) is 15.9. The van der Waals surface area contributed by atoms with Crippen LogP contribution in [0.4, 0.5) is 4.79 Å². The first kappa shape index (κ1) is 39.7. The van der Waals surface area contributed by atoms with E-state index in [4.69, 9.17) is 34.8 Å². The molecule has 3 fully saturated rings. The number of amides is 1. The maximum Gasteiger partial charge on any atom is 0.408 e. The van der Waals surface area contributed by atoms with Gasteiger partial charge in [-0.2, -0.15) is 0 Å². The van der Waals surface area contributed by atoms with Crippen LogP contribution in [-0.2, 0) is 42.8 Å². The number of carbonyl (C=O) groups is 4. The first-order valence-electron chi connectivity index (χ1n) is 16.9. The van der Waals surface area contributed by atoms with Crippen LogP contribution in [0.3, 0.4) is 0 Å². The summed E-state index contributed by atoms with van der Waals surface area (Å²) in [5, 5.41) is 14.6. The Morgan fingerprint density at radius 2 is 1.77 bits per heavy atom. The molecule has 0 bridgehead atoms. The molecule has 0 aromatic carbocycles. The zero-order valence-electron chi connectivity index (χ0n) is 30.3. The molecule has 0 aliphatic carbocycles. The summed E-state index contributed by atoms with van der Waals surface area (Å²) >= 11 is 0. The summed E-state index contributed by atoms with van der Waals surface area (Å²) in [4.78, 5) is 54.7. The smallest absolute Gasteiger partial charge is 0.408 e. The van der Waals surface area contributed by atoms with Crippen molar-refractivity contribution in [3.63, 3.8) is 0 Å². The highest BCUT2D eigenvalue weighted by Crippen LogP contribution is 2.41. The highest BCUT2D eigenvalue weighted by atomic mass is 16.7. The van der Waals surface area contributed by atoms with Crippen LogP contribution in [0, 0.1) is 36.0 Å². The first-order valence-corrected chi connectivity index (χ1v) is 16.9. The van der Waals surface area contributed by atoms with Crippen LogP contribution in [-0.4, -0.2) is 115 Å². The van der Waals surface area contributed by atoms with E-state index in [0.717, 1.165) is 0 Å². The highest BCUT2D eigenvalue weighted by Gasteiger charge is 2.57. The second-order valence-electron chi connectivity index (χ2n) is 14.5. The molecule has 3 aliphatic rings. The Kier molecular flexibility index (Phi) is 13.1. The molecule has 14 atom stereocenters. The van der Waals surface area contributed by atoms with E-state index < -0.39 is 89.7 Å². The molecular formula is C35H56N2O11. The lowest BCUT2D eigenvalue weighted by Crippen LogP contribution is -2.61. The minimum Gasteiger partial charge on any atom is -0.458 e. The van der Waals surface area contributed by atoms with Crippen LogP contribution in [0.1, 0.15) is 81.6 Å². The fraction of sp³-hybridized carbons (Fsp3) is 0.829. The molecule has 0 saturated carbocycles. The van der Waals surface area contributed by atoms with E-state index in [1.807, 2.05) is 25.9 Å². The van der Waals surface area contributed by atoms with Crippen molar-refractivity contribution in [3.05, 3.63) is 0 Å². The number of Topliss-reactive ketones (excluding diaryl/α,β-unsaturated/α-hetero) is 1. The molecular weight excluding hydrogens is 624 g/mol. The van der Waals surface area contributed by atoms with Crippen molar-refractivity contribution in [2.24, 2.45) is 23.7 Å². The third kappa shape index (κ3) is 8.33. The average molecular weight is 681 g/mol. The van der Waals surface area contributed by atoms with Crippen LogP contribution in [0.5, 0.6) is 0 Å². The molecule has 6 unspecified atom stereocenters. The number of alkyl carbamates (subject to hydrolysis) is 1. The van der Waals surface area contributed by atoms with E-state index in [0.29, 0.717) is 6.42 Å². The lowest BCUT2D eigenvalue weighted by Gasteiger charge is -2.48. The average Bonchev–Trinajstić information content (AvgIpc) is 3.33. The lowest BCUT2D eigenvalue weighted by molar-refractivity contribution is -0.304. The zero-order valence-corrected chi connectivity index (χ0v) is 30.3. The number of terminal acetylenes is 1. The molecule has 272 valence electrons. The third-order valence-electron chi connectivity index (χ3n) is 10.4. The highest BCUT2D eigenvalue weighted by molar-refractivity contribution is 5.85. The van der Waals surface area contributed by atoms with Gasteiger partial charge in [-0.05, 0) is 61.1 Å². The van der Waals surface area contributed by atoms with E-state index in [1.165, 1.54) is 6.92 Å². The van der Waals surface area contributed by atoms with Gasteiger partial charge in [-0.15, -0.1) is 6.42 Å². The zero-order chi connectivity index (χ0) is 36.3. The van der Waals surface area contributed by atoms with Gasteiger partial charge in [-0.1, -0.05) is 33.6 Å². The van der Waals surface area contributed by atoms with Crippen LogP contribution >= 0.6 is 0 Å². The minimum absolute atomic E-state index is 0.0888. The molecule has 13 heteroatoms. The van der Waals surface area contributed by atoms with Crippen molar-refractivity contribution in [2.75, 3.05) is 20.7 Å². The number of rotatable bonds is 7. The van der Waals surface area contributed by atoms with Crippen LogP contribution < -0.4 is 5.32 Å². The molecule has 0 radical (unpaired) electrons. The van der Waals surface area contributed by atoms with E-state index in [9.17, 15) is 24.3 Å². The number of fused-ring (bicyclic) bond motifs is 1. The number of hydrogen-bond donors (Lipinski definition) is 2. The molecule has 3 heterocycles. The molecule has 3 aliphatic heterocycles. The number of cyclic esters (lactones) is 1. The third-order valence-corrected chi connectivity index (χ3v) is 10.4. The fourth-order valence-electron chi connectivity index (χ4n) is 7.79. The van der Waals surface area contributed by atoms with Crippen LogP contribution in [0.25, 0.3) is 0 Å². The molecule has 0 aromatic rings. The maximum atomic E-state index is 14.2. The lowest BCUT2D eigenvalue weighted by atomic mass is 9.73. The number of esters is 2. The summed E-state index contributed by atoms with van der Waals surface area (Å²) in [6, 6.07) is -1.08. The summed E-state index contributed by atoms with van der Waals surface area (Å²) in [5.74, 6) is -2.24. The number of hydrogen-bond acceptors (Lipinski definition) is 12. The quantitative estimate of drug-likeness (QED) is 0.230. The summed E-state index contributed by atoms with van der Waals surface area (Å²) in [5.41, 5.74) is -2.69. The predicted octanol–water partition coefficient (Wildman–Crippen LogP) is 2.84. The number of ether oxygens (including phenoxy) is 6. The van der Waals surface area contributed by atoms with Crippen LogP contribution in [0.2, 0.25) is 0 Å². The van der Waals surface area contributed by atoms with Crippen molar-refractivity contribution in [1.82, 2.24) is 10.2 Å². The van der Waals surface area contributed by atoms with Gasteiger partial charge in [0, 0.05) is 24.7 Å². The maximum absolute atomic E-state index is 14.2. The first-order chi connectivity index (χ1) is 22.3. The summed E-state index contributed by atoms with van der Waals surface area (Å²) in [6.45, 7) is 15.0. The van der Waals surface area contributed by atoms with Gasteiger partial charge in [0.15, 0.2) is 18.0 Å². The minimum atomic E-state index is -1.35. The van der Waals surface area contributed by atoms with Gasteiger partial charge in [0.1, 0.15) is 18.5 Å². The van der Waals surface area contributed by atoms with Gasteiger partial charge in [-0.3, -0.25) is 14.4 Å². The Hall–Kier alpha value is -2.76. The fourth-order valence-corrected chi connectivity index (χ4v) is 7.79. The number of carbonyl (C=O) groups excluding carboxylic acids is 4. The Bertz CT molecular complexity index is 1220. The number of nitrogens with zero attached hydrogens (tertiary/aromatic N) is 1. The SMILES string of the molecule is C#CCO[C@@]1(C)C[C@@H](C)C(=O)[C@H](C)C2NC(=O)O[C@]2(C)[C@@H](CC)OC(=O)[C@H](C)C(O)[C@H](C)C1OC1O[C@H](C)CC(N(C)C)C1OC(C)=O. The Morgan fingerprint density at radius 1 is 1.12 bits per heavy atom. The molecule has 48 heavy (non-hydrogen) atoms. The van der Waals surface area contributed by atoms with Gasteiger partial charge in [0.25, 0.3) is 0 Å². The van der Waals surface area contributed by atoms with Gasteiger partial charge in [0.05, 0.1) is 41.9 Å². The van der Waals surface area contributed by atoms with Crippen molar-refractivity contribution in [3.8, 4) is 12.3 Å². The molecule has 3 saturated heterocycles. The number of likely N-dealkylation sites (N-methyl/N-ethyl adjacent to an activating group) is 1. The number of aliphatic hydroxyl groups excluding tert-OH is 1. The molecule has 0 aromatic heterocycles. The van der Waals surface area contributed by atoms with Gasteiger partial charge >= 0.3 is 18.0 Å². The standard InChI is InChI=1S/C35H56N2O11/c1-13-15-43-34(9)17-18(3)26(39)20(5)29-35(10,48-33(42)36-29)25(14-2)46-31(41)22(7)27(40)21(6)30(34)47-32-28(45-23(8)38)24(37(11)12)16-19(4)44-32/h1,18-22,24-25,27-30,32,40H,14-17H2,2-12H3,(H,36,42)/t18-,19-,20+,21+,22-,24?,25-,27?,28?,29?,30?,32?,34+,35-/m1/s1. The number of nitrogens with one attached hydrogen (secondary N) is 1. The van der Waals surface area contributed by atoms with E-state index >= 15 is 0 Å². The van der Waals surface area contributed by atoms with Crippen LogP contribution in [0.15, 0.2) is 0 Å². The molecule has 1 amide bonds. The topological polar surface area (TPSA) is 159 Å². The van der Waals surface area contributed by atoms with Crippen molar-refractivity contribution >= 4 is 23.8 Å². The summed E-state index contributed by atoms with van der Waals surface area (Å²) < 4.78 is 36.8. The molecule has 2 N–H and O–H groups in total. The summed E-state index contributed by atoms with van der Waals surface area (Å²) in [7, 11) is 3.75. The monoisotopic (exact) mass is 680 g/mol. The van der Waals surface area contributed by atoms with Crippen molar-refractivity contribution in [1.29, 1.82) is 0 Å². The van der Waals surface area contributed by atoms with E-state index in [2.05, 4.69) is 11.2 Å². The number of aliphatic hydroxyl groups is 1. The van der Waals surface area contributed by atoms with E-state index in [1.54, 1.807) is 48.5 Å². The number of ketones is 1. The van der Waals surface area contributed by atoms with Crippen molar-refractivity contribution < 1.29 is 52.7 Å². The molecule has 13 nitrogen and oxygen atoms in total. The second-order valence-corrected chi connectivity index (χ2v) is 14.5. The van der Waals surface area contributed by atoms with E-state index in [-0.39, 0.29) is 37.4 Å². The van der Waals surface area contributed by atoms with Gasteiger partial charge < -0.3 is 43.7 Å². The van der Waals surface area contributed by atoms with Crippen molar-refractivity contribution in [2.45, 2.75) is 142 Å². The normalized spacial score (nSPS) is 42.9. The van der Waals surface area contributed by atoms with Gasteiger partial charge in [-0.25, -0.2) is 4.79 Å². The predicted molar refractivity (Wildman–Crippen MR) is 174 cm³/mol. The molecule has 0 spiro atoms. The Labute approximate surface area is 285 Å². The van der Waals surface area contributed by atoms with Gasteiger partial charge in [0.2, 0.25) is 0 Å².